The summed E-state index contributed by atoms with van der Waals surface area (Å²) in [6.07, 6.45) is 0. The Morgan fingerprint density at radius 3 is 2.78 bits per heavy atom. The molecule has 1 saturated heterocycles. The normalized spacial score (nSPS) is 19.6. The van der Waals surface area contributed by atoms with E-state index in [9.17, 15) is 9.59 Å². The highest BCUT2D eigenvalue weighted by molar-refractivity contribution is 5.97. The first-order valence-corrected chi connectivity index (χ1v) is 7.58. The minimum Gasteiger partial charge on any atom is -0.359 e. The molecule has 2 amide bonds. The first-order chi connectivity index (χ1) is 11.1. The second kappa shape index (κ2) is 6.33. The number of amides is 2. The van der Waals surface area contributed by atoms with Gasteiger partial charge in [0.2, 0.25) is 5.91 Å². The summed E-state index contributed by atoms with van der Waals surface area (Å²) in [4.78, 5) is 28.6. The Morgan fingerprint density at radius 2 is 2.00 bits per heavy atom. The van der Waals surface area contributed by atoms with Gasteiger partial charge in [0.25, 0.3) is 5.91 Å². The van der Waals surface area contributed by atoms with Crippen LogP contribution in [-0.4, -0.2) is 77.3 Å². The highest BCUT2D eigenvalue weighted by Gasteiger charge is 2.29. The fraction of sp³-hybridized carbons (Fsp3) is 0.467. The van der Waals surface area contributed by atoms with E-state index < -0.39 is 0 Å². The maximum Gasteiger partial charge on any atom is 0.254 e. The number of aromatic nitrogens is 3. The Bertz CT molecular complexity index is 728. The number of carbonyl (C=O) groups excluding carboxylic acids is 2. The summed E-state index contributed by atoms with van der Waals surface area (Å²) in [7, 11) is 3.59. The molecule has 2 aromatic rings. The van der Waals surface area contributed by atoms with Gasteiger partial charge >= 0.3 is 0 Å². The van der Waals surface area contributed by atoms with Crippen LogP contribution in [0.5, 0.6) is 0 Å². The van der Waals surface area contributed by atoms with E-state index in [0.717, 1.165) is 12.1 Å². The number of H-pyrrole nitrogens is 1. The molecule has 1 fully saturated rings. The molecule has 1 aromatic heterocycles. The highest BCUT2D eigenvalue weighted by atomic mass is 16.2. The molecule has 1 unspecified atom stereocenters. The van der Waals surface area contributed by atoms with Gasteiger partial charge in [-0.1, -0.05) is 0 Å². The van der Waals surface area contributed by atoms with Gasteiger partial charge in [-0.15, -0.1) is 0 Å². The second-order valence-electron chi connectivity index (χ2n) is 5.85. The maximum absolute atomic E-state index is 12.8. The third-order valence-corrected chi connectivity index (χ3v) is 4.19. The summed E-state index contributed by atoms with van der Waals surface area (Å²) in [5.41, 5.74) is 1.94. The van der Waals surface area contributed by atoms with Gasteiger partial charge in [0.05, 0.1) is 5.92 Å². The zero-order chi connectivity index (χ0) is 16.4. The van der Waals surface area contributed by atoms with Crippen molar-refractivity contribution in [3.63, 3.8) is 0 Å². The number of fused-ring (bicyclic) bond motifs is 1. The first kappa shape index (κ1) is 15.4. The number of carbonyl (C=O) groups is 2. The van der Waals surface area contributed by atoms with Crippen LogP contribution < -0.4 is 5.32 Å². The summed E-state index contributed by atoms with van der Waals surface area (Å²) < 4.78 is 0. The second-order valence-corrected chi connectivity index (χ2v) is 5.85. The molecule has 2 N–H and O–H groups in total. The molecule has 8 heteroatoms. The van der Waals surface area contributed by atoms with Gasteiger partial charge in [0.1, 0.15) is 11.0 Å². The van der Waals surface area contributed by atoms with Crippen molar-refractivity contribution < 1.29 is 9.59 Å². The fourth-order valence-electron chi connectivity index (χ4n) is 2.88. The number of nitrogens with zero attached hydrogens (tertiary/aromatic N) is 4. The molecular weight excluding hydrogens is 296 g/mol. The fourth-order valence-corrected chi connectivity index (χ4v) is 2.88. The lowest BCUT2D eigenvalue weighted by Gasteiger charge is -2.23. The van der Waals surface area contributed by atoms with Crippen molar-refractivity contribution in [3.8, 4) is 0 Å². The molecule has 3 rings (SSSR count). The zero-order valence-corrected chi connectivity index (χ0v) is 13.2. The molecule has 1 aromatic carbocycles. The van der Waals surface area contributed by atoms with Gasteiger partial charge < -0.3 is 15.1 Å². The smallest absolute Gasteiger partial charge is 0.254 e. The van der Waals surface area contributed by atoms with Crippen LogP contribution in [-0.2, 0) is 4.79 Å². The van der Waals surface area contributed by atoms with E-state index >= 15 is 0 Å². The van der Waals surface area contributed by atoms with Crippen molar-refractivity contribution in [1.29, 1.82) is 0 Å². The van der Waals surface area contributed by atoms with Crippen LogP contribution >= 0.6 is 0 Å². The van der Waals surface area contributed by atoms with Crippen LogP contribution in [0.25, 0.3) is 11.0 Å². The van der Waals surface area contributed by atoms with E-state index in [1.54, 1.807) is 30.1 Å². The van der Waals surface area contributed by atoms with E-state index in [0.29, 0.717) is 30.7 Å². The van der Waals surface area contributed by atoms with Crippen LogP contribution in [0.4, 0.5) is 0 Å². The van der Waals surface area contributed by atoms with Gasteiger partial charge in [-0.3, -0.25) is 9.59 Å². The molecular formula is C15H20N6O2. The van der Waals surface area contributed by atoms with Gasteiger partial charge in [-0.05, 0) is 25.2 Å². The number of aromatic amines is 1. The molecule has 23 heavy (non-hydrogen) atoms. The van der Waals surface area contributed by atoms with Gasteiger partial charge in [0.15, 0.2) is 0 Å². The standard InChI is InChI=1S/C15H20N6O2/c1-16-14(22)11-8-20(2)5-6-21(9-11)15(23)10-3-4-12-13(7-10)18-19-17-12/h3-4,7,11H,5-6,8-9H2,1-2H3,(H,16,22)(H,17,18,19). The Hall–Kier alpha value is -2.48. The van der Waals surface area contributed by atoms with Crippen LogP contribution in [0.1, 0.15) is 10.4 Å². The number of rotatable bonds is 2. The topological polar surface area (TPSA) is 94.2 Å². The van der Waals surface area contributed by atoms with Crippen molar-refractivity contribution in [3.05, 3.63) is 23.8 Å². The van der Waals surface area contributed by atoms with E-state index in [1.165, 1.54) is 0 Å². The molecule has 0 aliphatic carbocycles. The Morgan fingerprint density at radius 1 is 1.22 bits per heavy atom. The molecule has 1 atom stereocenters. The summed E-state index contributed by atoms with van der Waals surface area (Å²) in [6.45, 7) is 2.40. The predicted octanol–water partition coefficient (Wildman–Crippen LogP) is -0.292. The van der Waals surface area contributed by atoms with Gasteiger partial charge in [-0.25, -0.2) is 0 Å². The number of benzene rings is 1. The maximum atomic E-state index is 12.8. The monoisotopic (exact) mass is 316 g/mol. The van der Waals surface area contributed by atoms with Crippen LogP contribution in [0.15, 0.2) is 18.2 Å². The summed E-state index contributed by atoms with van der Waals surface area (Å²) >= 11 is 0. The largest absolute Gasteiger partial charge is 0.359 e. The highest BCUT2D eigenvalue weighted by Crippen LogP contribution is 2.16. The lowest BCUT2D eigenvalue weighted by Crippen LogP contribution is -2.41. The Kier molecular flexibility index (Phi) is 4.24. The van der Waals surface area contributed by atoms with Crippen molar-refractivity contribution in [2.24, 2.45) is 5.92 Å². The van der Waals surface area contributed by atoms with Gasteiger partial charge in [-0.2, -0.15) is 15.4 Å². The van der Waals surface area contributed by atoms with E-state index in [4.69, 9.17) is 0 Å². The average molecular weight is 316 g/mol. The zero-order valence-electron chi connectivity index (χ0n) is 13.2. The van der Waals surface area contributed by atoms with E-state index in [2.05, 4.69) is 25.6 Å². The number of hydrogen-bond donors (Lipinski definition) is 2. The number of likely N-dealkylation sites (N-methyl/N-ethyl adjacent to an activating group) is 1. The average Bonchev–Trinajstić information content (AvgIpc) is 2.94. The number of hydrogen-bond acceptors (Lipinski definition) is 5. The molecule has 122 valence electrons. The Balaban J connectivity index is 1.83. The summed E-state index contributed by atoms with van der Waals surface area (Å²) in [5, 5.41) is 13.2. The molecule has 1 aliphatic heterocycles. The molecule has 1 aliphatic rings. The van der Waals surface area contributed by atoms with Crippen molar-refractivity contribution in [1.82, 2.24) is 30.5 Å². The van der Waals surface area contributed by atoms with Gasteiger partial charge in [0, 0.05) is 38.8 Å². The third-order valence-electron chi connectivity index (χ3n) is 4.19. The third kappa shape index (κ3) is 3.16. The number of nitrogens with one attached hydrogen (secondary N) is 2. The van der Waals surface area contributed by atoms with E-state index in [1.807, 2.05) is 7.05 Å². The Labute approximate surface area is 133 Å². The van der Waals surface area contributed by atoms with Crippen LogP contribution in [0.3, 0.4) is 0 Å². The van der Waals surface area contributed by atoms with Crippen molar-refractivity contribution in [2.45, 2.75) is 0 Å². The minimum absolute atomic E-state index is 0.0384. The molecule has 0 spiro atoms. The van der Waals surface area contributed by atoms with Crippen molar-refractivity contribution in [2.75, 3.05) is 40.3 Å². The predicted molar refractivity (Wildman–Crippen MR) is 84.8 cm³/mol. The quantitative estimate of drug-likeness (QED) is 0.794. The van der Waals surface area contributed by atoms with Crippen LogP contribution in [0, 0.1) is 5.92 Å². The SMILES string of the molecule is CNC(=O)C1CN(C)CCN(C(=O)c2ccc3n[nH]nc3c2)C1. The molecule has 0 radical (unpaired) electrons. The molecule has 0 bridgehead atoms. The summed E-state index contributed by atoms with van der Waals surface area (Å²) in [6, 6.07) is 5.24. The molecule has 2 heterocycles. The first-order valence-electron chi connectivity index (χ1n) is 7.58. The van der Waals surface area contributed by atoms with E-state index in [-0.39, 0.29) is 17.7 Å². The molecule has 8 nitrogen and oxygen atoms in total. The molecule has 0 saturated carbocycles. The van der Waals surface area contributed by atoms with Crippen LogP contribution in [0.2, 0.25) is 0 Å². The lowest BCUT2D eigenvalue weighted by atomic mass is 10.1. The lowest BCUT2D eigenvalue weighted by molar-refractivity contribution is -0.125. The minimum atomic E-state index is -0.229. The summed E-state index contributed by atoms with van der Waals surface area (Å²) in [5.74, 6) is -0.352. The van der Waals surface area contributed by atoms with Crippen molar-refractivity contribution >= 4 is 22.8 Å².